The molecule has 0 saturated carbocycles. The maximum atomic E-state index is 5.27. The van der Waals surface area contributed by atoms with E-state index in [2.05, 4.69) is 15.4 Å². The van der Waals surface area contributed by atoms with Crippen molar-refractivity contribution in [1.29, 1.82) is 0 Å². The topological polar surface area (TPSA) is 68.2 Å². The van der Waals surface area contributed by atoms with Crippen LogP contribution in [0.5, 0.6) is 0 Å². The minimum Gasteiger partial charge on any atom is -0.340 e. The predicted molar refractivity (Wildman–Crippen MR) is 47.6 cm³/mol. The first-order chi connectivity index (χ1) is 5.77. The zero-order valence-electron chi connectivity index (χ0n) is 7.28. The highest BCUT2D eigenvalue weighted by atomic mass is 15.3. The second-order valence-electron chi connectivity index (χ2n) is 2.39. The fourth-order valence-corrected chi connectivity index (χ4v) is 0.894. The standard InChI is InChI=1S/C7H13N5/c1-3-9-7(11-8)6-4-12(2)5-10-6/h4-5H,3,8H2,1-2H3,(H,9,11). The fourth-order valence-electron chi connectivity index (χ4n) is 0.894. The largest absolute Gasteiger partial charge is 0.340 e. The SMILES string of the molecule is CCN=C(NN)c1cn(C)cn1. The molecule has 0 aliphatic heterocycles. The van der Waals surface area contributed by atoms with Crippen molar-refractivity contribution in [3.05, 3.63) is 18.2 Å². The first-order valence-corrected chi connectivity index (χ1v) is 3.77. The highest BCUT2D eigenvalue weighted by Crippen LogP contribution is 1.94. The Bertz CT molecular complexity index is 275. The van der Waals surface area contributed by atoms with E-state index in [9.17, 15) is 0 Å². The van der Waals surface area contributed by atoms with Gasteiger partial charge in [-0.2, -0.15) is 0 Å². The van der Waals surface area contributed by atoms with E-state index in [1.54, 1.807) is 6.33 Å². The molecule has 0 saturated heterocycles. The van der Waals surface area contributed by atoms with Gasteiger partial charge in [-0.25, -0.2) is 10.8 Å². The van der Waals surface area contributed by atoms with Gasteiger partial charge in [0.2, 0.25) is 0 Å². The molecule has 0 radical (unpaired) electrons. The minimum absolute atomic E-state index is 0.623. The first kappa shape index (κ1) is 8.73. The molecule has 5 heteroatoms. The van der Waals surface area contributed by atoms with Crippen LogP contribution in [-0.4, -0.2) is 21.9 Å². The van der Waals surface area contributed by atoms with Crippen molar-refractivity contribution in [2.75, 3.05) is 6.54 Å². The van der Waals surface area contributed by atoms with Crippen LogP contribution >= 0.6 is 0 Å². The number of aromatic nitrogens is 2. The third-order valence-electron chi connectivity index (χ3n) is 1.40. The number of amidine groups is 1. The van der Waals surface area contributed by atoms with Crippen LogP contribution in [0.1, 0.15) is 12.6 Å². The number of nitrogens with two attached hydrogens (primary N) is 1. The molecule has 0 aromatic carbocycles. The van der Waals surface area contributed by atoms with E-state index in [0.717, 1.165) is 5.69 Å². The maximum absolute atomic E-state index is 5.27. The van der Waals surface area contributed by atoms with Crippen molar-refractivity contribution >= 4 is 5.84 Å². The van der Waals surface area contributed by atoms with Crippen molar-refractivity contribution in [2.24, 2.45) is 17.9 Å². The summed E-state index contributed by atoms with van der Waals surface area (Å²) in [6.45, 7) is 2.64. The monoisotopic (exact) mass is 167 g/mol. The molecule has 0 aliphatic rings. The van der Waals surface area contributed by atoms with Crippen molar-refractivity contribution in [2.45, 2.75) is 6.92 Å². The number of aryl methyl sites for hydroxylation is 1. The minimum atomic E-state index is 0.623. The number of hydrogen-bond acceptors (Lipinski definition) is 3. The number of rotatable bonds is 2. The average Bonchev–Trinajstić information content (AvgIpc) is 2.47. The lowest BCUT2D eigenvalue weighted by molar-refractivity contribution is 0.913. The summed E-state index contributed by atoms with van der Waals surface area (Å²) in [7, 11) is 1.90. The molecule has 5 nitrogen and oxygen atoms in total. The molecule has 1 heterocycles. The molecule has 1 aromatic heterocycles. The van der Waals surface area contributed by atoms with E-state index in [1.807, 2.05) is 24.7 Å². The molecule has 0 bridgehead atoms. The molecule has 0 aliphatic carbocycles. The van der Waals surface area contributed by atoms with Crippen LogP contribution in [0.3, 0.4) is 0 Å². The molecule has 12 heavy (non-hydrogen) atoms. The van der Waals surface area contributed by atoms with Crippen LogP contribution in [-0.2, 0) is 7.05 Å². The van der Waals surface area contributed by atoms with Gasteiger partial charge in [0.05, 0.1) is 6.33 Å². The summed E-state index contributed by atoms with van der Waals surface area (Å²) in [6.07, 6.45) is 3.56. The first-order valence-electron chi connectivity index (χ1n) is 3.77. The zero-order valence-corrected chi connectivity index (χ0v) is 7.28. The molecular weight excluding hydrogens is 154 g/mol. The van der Waals surface area contributed by atoms with Gasteiger partial charge in [0.1, 0.15) is 5.69 Å². The number of nitrogens with one attached hydrogen (secondary N) is 1. The molecule has 0 fully saturated rings. The average molecular weight is 167 g/mol. The van der Waals surface area contributed by atoms with E-state index in [1.165, 1.54) is 0 Å². The lowest BCUT2D eigenvalue weighted by Crippen LogP contribution is -2.31. The molecule has 0 amide bonds. The normalized spacial score (nSPS) is 11.8. The molecular formula is C7H13N5. The number of nitrogens with zero attached hydrogens (tertiary/aromatic N) is 3. The molecule has 1 aromatic rings. The quantitative estimate of drug-likeness (QED) is 0.274. The van der Waals surface area contributed by atoms with Crippen molar-refractivity contribution in [1.82, 2.24) is 15.0 Å². The third-order valence-corrected chi connectivity index (χ3v) is 1.40. The van der Waals surface area contributed by atoms with Gasteiger partial charge in [0.15, 0.2) is 5.84 Å². The molecule has 66 valence electrons. The van der Waals surface area contributed by atoms with Gasteiger partial charge in [-0.3, -0.25) is 4.99 Å². The lowest BCUT2D eigenvalue weighted by Gasteiger charge is -1.99. The Morgan fingerprint density at radius 2 is 2.58 bits per heavy atom. The van der Waals surface area contributed by atoms with Crippen LogP contribution < -0.4 is 11.3 Å². The smallest absolute Gasteiger partial charge is 0.163 e. The highest BCUT2D eigenvalue weighted by molar-refractivity contribution is 5.96. The van der Waals surface area contributed by atoms with Gasteiger partial charge < -0.3 is 9.99 Å². The van der Waals surface area contributed by atoms with Gasteiger partial charge in [-0.15, -0.1) is 0 Å². The van der Waals surface area contributed by atoms with Gasteiger partial charge in [-0.05, 0) is 6.92 Å². The molecule has 0 spiro atoms. The van der Waals surface area contributed by atoms with Gasteiger partial charge in [0, 0.05) is 19.8 Å². The number of hydrazine groups is 1. The van der Waals surface area contributed by atoms with E-state index >= 15 is 0 Å². The van der Waals surface area contributed by atoms with Gasteiger partial charge >= 0.3 is 0 Å². The van der Waals surface area contributed by atoms with Crippen molar-refractivity contribution in [3.8, 4) is 0 Å². The predicted octanol–water partition coefficient (Wildman–Crippen LogP) is -0.350. The molecule has 0 unspecified atom stereocenters. The summed E-state index contributed by atoms with van der Waals surface area (Å²) in [5.74, 6) is 5.89. The van der Waals surface area contributed by atoms with Crippen LogP contribution in [0, 0.1) is 0 Å². The van der Waals surface area contributed by atoms with E-state index in [4.69, 9.17) is 5.84 Å². The maximum Gasteiger partial charge on any atom is 0.163 e. The second kappa shape index (κ2) is 3.87. The van der Waals surface area contributed by atoms with Crippen molar-refractivity contribution < 1.29 is 0 Å². The Morgan fingerprint density at radius 1 is 1.83 bits per heavy atom. The third kappa shape index (κ3) is 1.82. The van der Waals surface area contributed by atoms with Gasteiger partial charge in [-0.1, -0.05) is 0 Å². The van der Waals surface area contributed by atoms with E-state index < -0.39 is 0 Å². The van der Waals surface area contributed by atoms with Crippen LogP contribution in [0.2, 0.25) is 0 Å². The lowest BCUT2D eigenvalue weighted by atomic mass is 10.4. The Labute approximate surface area is 71.3 Å². The highest BCUT2D eigenvalue weighted by Gasteiger charge is 2.02. The molecule has 3 N–H and O–H groups in total. The Balaban J connectivity index is 2.87. The summed E-state index contributed by atoms with van der Waals surface area (Å²) in [5, 5.41) is 0. The summed E-state index contributed by atoms with van der Waals surface area (Å²) in [5.41, 5.74) is 3.27. The second-order valence-corrected chi connectivity index (χ2v) is 2.39. The fraction of sp³-hybridized carbons (Fsp3) is 0.429. The Kier molecular flexibility index (Phi) is 2.82. The zero-order chi connectivity index (χ0) is 8.97. The van der Waals surface area contributed by atoms with E-state index in [-0.39, 0.29) is 0 Å². The Hall–Kier alpha value is -1.36. The number of imidazole rings is 1. The summed E-state index contributed by atoms with van der Waals surface area (Å²) >= 11 is 0. The van der Waals surface area contributed by atoms with Gasteiger partial charge in [0.25, 0.3) is 0 Å². The molecule has 0 atom stereocenters. The van der Waals surface area contributed by atoms with Crippen LogP contribution in [0.25, 0.3) is 0 Å². The van der Waals surface area contributed by atoms with E-state index in [0.29, 0.717) is 12.4 Å². The summed E-state index contributed by atoms with van der Waals surface area (Å²) in [4.78, 5) is 8.23. The van der Waals surface area contributed by atoms with Crippen LogP contribution in [0.15, 0.2) is 17.5 Å². The Morgan fingerprint density at radius 3 is 3.00 bits per heavy atom. The summed E-state index contributed by atoms with van der Waals surface area (Å²) in [6, 6.07) is 0. The summed E-state index contributed by atoms with van der Waals surface area (Å²) < 4.78 is 1.85. The number of hydrogen-bond donors (Lipinski definition) is 2. The van der Waals surface area contributed by atoms with Crippen LogP contribution in [0.4, 0.5) is 0 Å². The number of aliphatic imine (C=N–C) groups is 1. The van der Waals surface area contributed by atoms with Crippen molar-refractivity contribution in [3.63, 3.8) is 0 Å². The molecule has 1 rings (SSSR count).